The van der Waals surface area contributed by atoms with Gasteiger partial charge < -0.3 is 15.0 Å². The third-order valence-electron chi connectivity index (χ3n) is 4.65. The number of ether oxygens (including phenoxy) is 1. The lowest BCUT2D eigenvalue weighted by atomic mass is 10.1. The fraction of sp³-hybridized carbons (Fsp3) is 0.130. The smallest absolute Gasteiger partial charge is 0.259 e. The van der Waals surface area contributed by atoms with Gasteiger partial charge in [-0.15, -0.1) is 0 Å². The summed E-state index contributed by atoms with van der Waals surface area (Å²) < 4.78 is 5.20. The molecule has 1 aliphatic heterocycles. The van der Waals surface area contributed by atoms with Crippen LogP contribution in [0.4, 0.5) is 11.4 Å². The number of nitrogens with zero attached hydrogens (tertiary/aromatic N) is 1. The quantitative estimate of drug-likeness (QED) is 0.670. The van der Waals surface area contributed by atoms with Gasteiger partial charge in [0.05, 0.1) is 17.9 Å². The van der Waals surface area contributed by atoms with Crippen LogP contribution in [-0.2, 0) is 4.74 Å². The summed E-state index contributed by atoms with van der Waals surface area (Å²) in [6.45, 7) is 0.886. The molecule has 0 unspecified atom stereocenters. The predicted octanol–water partition coefficient (Wildman–Crippen LogP) is 4.70. The summed E-state index contributed by atoms with van der Waals surface area (Å²) in [4.78, 5) is 29.2. The lowest BCUT2D eigenvalue weighted by molar-refractivity contribution is 0.0972. The maximum Gasteiger partial charge on any atom is 0.259 e. The molecule has 4 rings (SSSR count). The summed E-state index contributed by atoms with van der Waals surface area (Å²) >= 11 is 1.53. The summed E-state index contributed by atoms with van der Waals surface area (Å²) in [5.41, 5.74) is 2.76. The van der Waals surface area contributed by atoms with Crippen molar-refractivity contribution in [1.29, 1.82) is 0 Å². The van der Waals surface area contributed by atoms with Crippen LogP contribution in [0.1, 0.15) is 20.7 Å². The largest absolute Gasteiger partial charge is 0.383 e. The molecule has 0 saturated carbocycles. The lowest BCUT2D eigenvalue weighted by Crippen LogP contribution is -2.33. The molecule has 146 valence electrons. The van der Waals surface area contributed by atoms with Crippen LogP contribution in [-0.4, -0.2) is 32.1 Å². The van der Waals surface area contributed by atoms with Gasteiger partial charge in [0.1, 0.15) is 0 Å². The zero-order valence-corrected chi connectivity index (χ0v) is 16.7. The zero-order chi connectivity index (χ0) is 20.2. The Morgan fingerprint density at radius 2 is 1.76 bits per heavy atom. The number of benzene rings is 3. The zero-order valence-electron chi connectivity index (χ0n) is 15.9. The van der Waals surface area contributed by atoms with E-state index in [9.17, 15) is 9.59 Å². The van der Waals surface area contributed by atoms with Crippen molar-refractivity contribution in [1.82, 2.24) is 0 Å². The number of carbonyl (C=O) groups excluding carboxylic acids is 2. The number of carbonyl (C=O) groups is 2. The maximum atomic E-state index is 13.1. The van der Waals surface area contributed by atoms with Crippen molar-refractivity contribution in [3.8, 4) is 0 Å². The predicted molar refractivity (Wildman–Crippen MR) is 115 cm³/mol. The number of nitrogens with one attached hydrogen (secondary N) is 1. The number of fused-ring (bicyclic) bond motifs is 2. The molecule has 0 radical (unpaired) electrons. The number of anilines is 2. The van der Waals surface area contributed by atoms with E-state index in [2.05, 4.69) is 5.32 Å². The highest BCUT2D eigenvalue weighted by Gasteiger charge is 2.27. The van der Waals surface area contributed by atoms with Crippen LogP contribution >= 0.6 is 11.8 Å². The minimum atomic E-state index is -0.170. The van der Waals surface area contributed by atoms with Gasteiger partial charge in [-0.05, 0) is 42.5 Å². The molecule has 3 aromatic carbocycles. The van der Waals surface area contributed by atoms with Gasteiger partial charge in [-0.1, -0.05) is 42.1 Å². The van der Waals surface area contributed by atoms with Crippen molar-refractivity contribution >= 4 is 35.0 Å². The van der Waals surface area contributed by atoms with Crippen LogP contribution in [0.3, 0.4) is 0 Å². The molecule has 0 atom stereocenters. The Hall–Kier alpha value is -3.09. The molecule has 0 bridgehead atoms. The van der Waals surface area contributed by atoms with E-state index < -0.39 is 0 Å². The summed E-state index contributed by atoms with van der Waals surface area (Å²) in [6.07, 6.45) is 0. The molecule has 2 amide bonds. The number of amides is 2. The number of rotatable bonds is 5. The van der Waals surface area contributed by atoms with Crippen LogP contribution in [0.2, 0.25) is 0 Å². The molecule has 0 aliphatic carbocycles. The topological polar surface area (TPSA) is 58.6 Å². The summed E-state index contributed by atoms with van der Waals surface area (Å²) in [7, 11) is 1.62. The monoisotopic (exact) mass is 404 g/mol. The Morgan fingerprint density at radius 1 is 1.00 bits per heavy atom. The van der Waals surface area contributed by atoms with E-state index in [4.69, 9.17) is 4.74 Å². The first-order chi connectivity index (χ1) is 14.2. The highest BCUT2D eigenvalue weighted by atomic mass is 32.2. The Kier molecular flexibility index (Phi) is 5.64. The maximum absolute atomic E-state index is 13.1. The third kappa shape index (κ3) is 4.04. The molecule has 5 nitrogen and oxygen atoms in total. The lowest BCUT2D eigenvalue weighted by Gasteiger charge is -2.23. The number of hydrogen-bond acceptors (Lipinski definition) is 4. The molecule has 6 heteroatoms. The molecule has 3 aromatic rings. The van der Waals surface area contributed by atoms with Crippen molar-refractivity contribution in [3.63, 3.8) is 0 Å². The molecule has 0 aromatic heterocycles. The Bertz CT molecular complexity index is 1050. The standard InChI is InChI=1S/C23H20N2O3S/c1-28-14-13-25-19-12-11-17(24-22(26)16-7-3-2-4-8-16)15-21(19)29-20-10-6-5-9-18(20)23(25)27/h2-12,15H,13-14H2,1H3,(H,24,26). The van der Waals surface area contributed by atoms with E-state index in [0.717, 1.165) is 15.5 Å². The summed E-state index contributed by atoms with van der Waals surface area (Å²) in [5, 5.41) is 2.94. The summed E-state index contributed by atoms with van der Waals surface area (Å²) in [6, 6.07) is 22.3. The first kappa shape index (κ1) is 19.2. The van der Waals surface area contributed by atoms with Crippen LogP contribution in [0.25, 0.3) is 0 Å². The second-order valence-corrected chi connectivity index (χ2v) is 7.63. The molecule has 0 fully saturated rings. The highest BCUT2D eigenvalue weighted by molar-refractivity contribution is 7.99. The van der Waals surface area contributed by atoms with E-state index in [1.165, 1.54) is 11.8 Å². The minimum absolute atomic E-state index is 0.0510. The second kappa shape index (κ2) is 8.51. The summed E-state index contributed by atoms with van der Waals surface area (Å²) in [5.74, 6) is -0.221. The average Bonchev–Trinajstić information content (AvgIpc) is 2.87. The number of methoxy groups -OCH3 is 1. The molecular formula is C23H20N2O3S. The van der Waals surface area contributed by atoms with Crippen molar-refractivity contribution in [3.05, 3.63) is 83.9 Å². The van der Waals surface area contributed by atoms with E-state index in [-0.39, 0.29) is 11.8 Å². The van der Waals surface area contributed by atoms with E-state index in [1.54, 1.807) is 24.1 Å². The van der Waals surface area contributed by atoms with Crippen molar-refractivity contribution in [2.45, 2.75) is 9.79 Å². The second-order valence-electron chi connectivity index (χ2n) is 6.55. The Balaban J connectivity index is 1.69. The van der Waals surface area contributed by atoms with Crippen molar-refractivity contribution < 1.29 is 14.3 Å². The molecule has 0 spiro atoms. The van der Waals surface area contributed by atoms with Crippen LogP contribution in [0, 0.1) is 0 Å². The van der Waals surface area contributed by atoms with Crippen LogP contribution in [0.15, 0.2) is 82.6 Å². The van der Waals surface area contributed by atoms with Gasteiger partial charge in [0.2, 0.25) is 0 Å². The van der Waals surface area contributed by atoms with E-state index in [1.807, 2.05) is 60.7 Å². The molecule has 1 N–H and O–H groups in total. The average molecular weight is 404 g/mol. The van der Waals surface area contributed by atoms with Gasteiger partial charge in [-0.3, -0.25) is 9.59 Å². The van der Waals surface area contributed by atoms with Crippen molar-refractivity contribution in [2.75, 3.05) is 30.5 Å². The molecule has 1 heterocycles. The first-order valence-electron chi connectivity index (χ1n) is 9.25. The fourth-order valence-electron chi connectivity index (χ4n) is 3.20. The van der Waals surface area contributed by atoms with E-state index >= 15 is 0 Å². The van der Waals surface area contributed by atoms with Gasteiger partial charge in [0.25, 0.3) is 11.8 Å². The van der Waals surface area contributed by atoms with Gasteiger partial charge in [0.15, 0.2) is 0 Å². The molecule has 1 aliphatic rings. The van der Waals surface area contributed by atoms with E-state index in [0.29, 0.717) is 30.0 Å². The highest BCUT2D eigenvalue weighted by Crippen LogP contribution is 2.42. The fourth-order valence-corrected chi connectivity index (χ4v) is 4.32. The molecular weight excluding hydrogens is 384 g/mol. The minimum Gasteiger partial charge on any atom is -0.383 e. The SMILES string of the molecule is COCCN1C(=O)c2ccccc2Sc2cc(NC(=O)c3ccccc3)ccc21. The van der Waals surface area contributed by atoms with Crippen LogP contribution < -0.4 is 10.2 Å². The first-order valence-corrected chi connectivity index (χ1v) is 10.1. The normalized spacial score (nSPS) is 12.7. The third-order valence-corrected chi connectivity index (χ3v) is 5.77. The molecule has 29 heavy (non-hydrogen) atoms. The Labute approximate surface area is 173 Å². The van der Waals surface area contributed by atoms with Gasteiger partial charge in [-0.2, -0.15) is 0 Å². The van der Waals surface area contributed by atoms with Crippen LogP contribution in [0.5, 0.6) is 0 Å². The van der Waals surface area contributed by atoms with Gasteiger partial charge >= 0.3 is 0 Å². The van der Waals surface area contributed by atoms with Gasteiger partial charge in [0, 0.05) is 34.7 Å². The Morgan fingerprint density at radius 3 is 2.55 bits per heavy atom. The molecule has 0 saturated heterocycles. The van der Waals surface area contributed by atoms with Gasteiger partial charge in [-0.25, -0.2) is 0 Å². The number of hydrogen-bond donors (Lipinski definition) is 1. The van der Waals surface area contributed by atoms with Crippen molar-refractivity contribution in [2.24, 2.45) is 0 Å².